The maximum atomic E-state index is 9.97. The first-order valence-electron chi connectivity index (χ1n) is 7.22. The van der Waals surface area contributed by atoms with Crippen LogP contribution < -0.4 is 0 Å². The fourth-order valence-electron chi connectivity index (χ4n) is 2.45. The molecule has 0 amide bonds. The van der Waals surface area contributed by atoms with E-state index in [0.29, 0.717) is 6.61 Å². The van der Waals surface area contributed by atoms with Gasteiger partial charge >= 0.3 is 0 Å². The molecule has 1 unspecified atom stereocenters. The largest absolute Gasteiger partial charge is 0.389 e. The number of piperazine rings is 1. The predicted molar refractivity (Wildman–Crippen MR) is 72.7 cm³/mol. The van der Waals surface area contributed by atoms with Crippen molar-refractivity contribution in [3.8, 4) is 0 Å². The summed E-state index contributed by atoms with van der Waals surface area (Å²) in [4.78, 5) is 4.95. The second-order valence-corrected chi connectivity index (χ2v) is 6.64. The smallest absolute Gasteiger partial charge is 0.0900 e. The standard InChI is InChI=1S/C14H28N2O2/c1-14(2,3)18-11-13(17)10-15-6-8-16(9-7-15)12-4-5-12/h12-13,17H,4-11H2,1-3H3. The highest BCUT2D eigenvalue weighted by atomic mass is 16.5. The minimum Gasteiger partial charge on any atom is -0.389 e. The summed E-state index contributed by atoms with van der Waals surface area (Å²) in [5.74, 6) is 0. The van der Waals surface area contributed by atoms with E-state index < -0.39 is 0 Å². The number of aliphatic hydroxyl groups excluding tert-OH is 1. The van der Waals surface area contributed by atoms with Crippen LogP contribution in [0.2, 0.25) is 0 Å². The summed E-state index contributed by atoms with van der Waals surface area (Å²) >= 11 is 0. The van der Waals surface area contributed by atoms with E-state index >= 15 is 0 Å². The Morgan fingerprint density at radius 2 is 1.78 bits per heavy atom. The molecule has 0 radical (unpaired) electrons. The summed E-state index contributed by atoms with van der Waals surface area (Å²) < 4.78 is 5.61. The van der Waals surface area contributed by atoms with Crippen molar-refractivity contribution < 1.29 is 9.84 Å². The van der Waals surface area contributed by atoms with Crippen molar-refractivity contribution in [1.82, 2.24) is 9.80 Å². The quantitative estimate of drug-likeness (QED) is 0.794. The molecule has 4 heteroatoms. The molecule has 18 heavy (non-hydrogen) atoms. The number of rotatable bonds is 5. The van der Waals surface area contributed by atoms with Crippen LogP contribution in [0.4, 0.5) is 0 Å². The van der Waals surface area contributed by atoms with Crippen molar-refractivity contribution >= 4 is 0 Å². The van der Waals surface area contributed by atoms with Crippen LogP contribution in [0.15, 0.2) is 0 Å². The molecular weight excluding hydrogens is 228 g/mol. The first-order valence-corrected chi connectivity index (χ1v) is 7.22. The van der Waals surface area contributed by atoms with Crippen LogP contribution in [0.3, 0.4) is 0 Å². The number of aliphatic hydroxyl groups is 1. The molecule has 1 aliphatic carbocycles. The third-order valence-electron chi connectivity index (χ3n) is 3.65. The van der Waals surface area contributed by atoms with E-state index in [1.54, 1.807) is 0 Å². The maximum Gasteiger partial charge on any atom is 0.0900 e. The molecule has 1 saturated carbocycles. The van der Waals surface area contributed by atoms with Gasteiger partial charge in [0.05, 0.1) is 18.3 Å². The normalized spacial score (nSPS) is 25.3. The molecule has 2 fully saturated rings. The Bertz CT molecular complexity index is 253. The number of nitrogens with zero attached hydrogens (tertiary/aromatic N) is 2. The Hall–Kier alpha value is -0.160. The van der Waals surface area contributed by atoms with Crippen LogP contribution in [0.25, 0.3) is 0 Å². The number of β-amino-alcohol motifs (C(OH)–C–C–N with tert-alkyl or cyclic N) is 1. The van der Waals surface area contributed by atoms with E-state index in [1.165, 1.54) is 12.8 Å². The molecule has 1 heterocycles. The first kappa shape index (κ1) is 14.3. The van der Waals surface area contributed by atoms with Gasteiger partial charge < -0.3 is 9.84 Å². The van der Waals surface area contributed by atoms with Gasteiger partial charge in [-0.05, 0) is 33.6 Å². The fourth-order valence-corrected chi connectivity index (χ4v) is 2.45. The molecule has 0 spiro atoms. The van der Waals surface area contributed by atoms with Gasteiger partial charge in [0.25, 0.3) is 0 Å². The van der Waals surface area contributed by atoms with Crippen molar-refractivity contribution in [2.45, 2.75) is 51.4 Å². The van der Waals surface area contributed by atoms with Crippen molar-refractivity contribution in [3.05, 3.63) is 0 Å². The van der Waals surface area contributed by atoms with Crippen LogP contribution in [0, 0.1) is 0 Å². The second-order valence-electron chi connectivity index (χ2n) is 6.64. The van der Waals surface area contributed by atoms with Gasteiger partial charge in [0.2, 0.25) is 0 Å². The molecule has 4 nitrogen and oxygen atoms in total. The Balaban J connectivity index is 1.61. The minimum absolute atomic E-state index is 0.161. The lowest BCUT2D eigenvalue weighted by molar-refractivity contribution is -0.0587. The SMILES string of the molecule is CC(C)(C)OCC(O)CN1CCN(C2CC2)CC1. The lowest BCUT2D eigenvalue weighted by Crippen LogP contribution is -2.49. The summed E-state index contributed by atoms with van der Waals surface area (Å²) in [6.07, 6.45) is 2.42. The average molecular weight is 256 g/mol. The Kier molecular flexibility index (Phi) is 4.64. The van der Waals surface area contributed by atoms with Gasteiger partial charge in [-0.3, -0.25) is 9.80 Å². The van der Waals surface area contributed by atoms with Gasteiger partial charge in [0, 0.05) is 38.8 Å². The molecule has 1 saturated heterocycles. The molecule has 1 N–H and O–H groups in total. The van der Waals surface area contributed by atoms with E-state index in [0.717, 1.165) is 38.8 Å². The number of ether oxygens (including phenoxy) is 1. The molecule has 0 bridgehead atoms. The number of hydrogen-bond acceptors (Lipinski definition) is 4. The maximum absolute atomic E-state index is 9.97. The minimum atomic E-state index is -0.364. The third kappa shape index (κ3) is 4.84. The number of hydrogen-bond donors (Lipinski definition) is 1. The van der Waals surface area contributed by atoms with E-state index in [9.17, 15) is 5.11 Å². The summed E-state index contributed by atoms with van der Waals surface area (Å²) in [6, 6.07) is 0.876. The van der Waals surface area contributed by atoms with Crippen LogP contribution in [-0.2, 0) is 4.74 Å². The lowest BCUT2D eigenvalue weighted by atomic mass is 10.2. The zero-order chi connectivity index (χ0) is 13.2. The Morgan fingerprint density at radius 1 is 1.17 bits per heavy atom. The summed E-state index contributed by atoms with van der Waals surface area (Å²) in [5.41, 5.74) is -0.161. The highest BCUT2D eigenvalue weighted by Gasteiger charge is 2.31. The Morgan fingerprint density at radius 3 is 2.28 bits per heavy atom. The van der Waals surface area contributed by atoms with E-state index in [-0.39, 0.29) is 11.7 Å². The molecular formula is C14H28N2O2. The summed E-state index contributed by atoms with van der Waals surface area (Å²) in [7, 11) is 0. The zero-order valence-electron chi connectivity index (χ0n) is 12.1. The summed E-state index contributed by atoms with van der Waals surface area (Å²) in [6.45, 7) is 11.7. The van der Waals surface area contributed by atoms with Crippen molar-refractivity contribution in [1.29, 1.82) is 0 Å². The molecule has 1 atom stereocenters. The van der Waals surface area contributed by atoms with Gasteiger partial charge in [-0.25, -0.2) is 0 Å². The van der Waals surface area contributed by atoms with Crippen LogP contribution in [0.1, 0.15) is 33.6 Å². The van der Waals surface area contributed by atoms with Crippen LogP contribution in [0.5, 0.6) is 0 Å². The van der Waals surface area contributed by atoms with E-state index in [4.69, 9.17) is 4.74 Å². The van der Waals surface area contributed by atoms with Gasteiger partial charge in [0.15, 0.2) is 0 Å². The molecule has 2 rings (SSSR count). The molecule has 2 aliphatic rings. The van der Waals surface area contributed by atoms with E-state index in [2.05, 4.69) is 9.80 Å². The summed E-state index contributed by atoms with van der Waals surface area (Å²) in [5, 5.41) is 9.97. The molecule has 0 aromatic heterocycles. The van der Waals surface area contributed by atoms with Crippen LogP contribution >= 0.6 is 0 Å². The monoisotopic (exact) mass is 256 g/mol. The van der Waals surface area contributed by atoms with Gasteiger partial charge in [-0.15, -0.1) is 0 Å². The Labute approximate surface area is 111 Å². The third-order valence-corrected chi connectivity index (χ3v) is 3.65. The van der Waals surface area contributed by atoms with Gasteiger partial charge in [-0.2, -0.15) is 0 Å². The molecule has 0 aromatic carbocycles. The van der Waals surface area contributed by atoms with Crippen molar-refractivity contribution in [2.75, 3.05) is 39.3 Å². The first-order chi connectivity index (χ1) is 8.44. The molecule has 1 aliphatic heterocycles. The lowest BCUT2D eigenvalue weighted by Gasteiger charge is -2.36. The highest BCUT2D eigenvalue weighted by Crippen LogP contribution is 2.27. The van der Waals surface area contributed by atoms with Crippen molar-refractivity contribution in [3.63, 3.8) is 0 Å². The van der Waals surface area contributed by atoms with Gasteiger partial charge in [-0.1, -0.05) is 0 Å². The molecule has 106 valence electrons. The average Bonchev–Trinajstić information content (AvgIpc) is 3.10. The molecule has 0 aromatic rings. The van der Waals surface area contributed by atoms with Gasteiger partial charge in [0.1, 0.15) is 0 Å². The second kappa shape index (κ2) is 5.87. The van der Waals surface area contributed by atoms with E-state index in [1.807, 2.05) is 20.8 Å². The highest BCUT2D eigenvalue weighted by molar-refractivity contribution is 4.87. The predicted octanol–water partition coefficient (Wildman–Crippen LogP) is 0.942. The van der Waals surface area contributed by atoms with Crippen LogP contribution in [-0.4, -0.2) is 72.0 Å². The topological polar surface area (TPSA) is 35.9 Å². The zero-order valence-corrected chi connectivity index (χ0v) is 12.1. The fraction of sp³-hybridized carbons (Fsp3) is 1.00. The van der Waals surface area contributed by atoms with Crippen molar-refractivity contribution in [2.24, 2.45) is 0 Å².